The van der Waals surface area contributed by atoms with Crippen molar-refractivity contribution < 1.29 is 0 Å². The van der Waals surface area contributed by atoms with E-state index in [0.717, 1.165) is 28.7 Å². The van der Waals surface area contributed by atoms with Crippen LogP contribution in [0.3, 0.4) is 0 Å². The number of rotatable bonds is 5. The van der Waals surface area contributed by atoms with E-state index in [-0.39, 0.29) is 0 Å². The first-order valence-corrected chi connectivity index (χ1v) is 7.97. The molecule has 0 bridgehead atoms. The Bertz CT molecular complexity index is 439. The van der Waals surface area contributed by atoms with Crippen LogP contribution in [0.25, 0.3) is 0 Å². The molecule has 18 heavy (non-hydrogen) atoms. The maximum Gasteiger partial charge on any atom is 0.124 e. The molecule has 1 aliphatic heterocycles. The van der Waals surface area contributed by atoms with Crippen LogP contribution in [-0.4, -0.2) is 16.8 Å². The van der Waals surface area contributed by atoms with Crippen LogP contribution in [0.5, 0.6) is 0 Å². The molecular formula is C14H21ClN2S. The SMILES string of the molecule is CCCCC1=Nc2sc(Cl)cc2CN1C(C)CC. The van der Waals surface area contributed by atoms with Gasteiger partial charge in [0, 0.05) is 24.6 Å². The van der Waals surface area contributed by atoms with E-state index in [0.29, 0.717) is 6.04 Å². The zero-order valence-electron chi connectivity index (χ0n) is 11.4. The van der Waals surface area contributed by atoms with E-state index in [1.54, 1.807) is 11.3 Å². The number of fused-ring (bicyclic) bond motifs is 1. The van der Waals surface area contributed by atoms with Crippen molar-refractivity contribution in [1.82, 2.24) is 4.90 Å². The lowest BCUT2D eigenvalue weighted by Crippen LogP contribution is -2.39. The second kappa shape index (κ2) is 6.07. The summed E-state index contributed by atoms with van der Waals surface area (Å²) < 4.78 is 0.851. The van der Waals surface area contributed by atoms with Crippen molar-refractivity contribution in [3.63, 3.8) is 0 Å². The lowest BCUT2D eigenvalue weighted by molar-refractivity contribution is 0.305. The number of halogens is 1. The Morgan fingerprint density at radius 1 is 1.50 bits per heavy atom. The fraction of sp³-hybridized carbons (Fsp3) is 0.643. The minimum atomic E-state index is 0.549. The first-order valence-electron chi connectivity index (χ1n) is 6.78. The van der Waals surface area contributed by atoms with Crippen molar-refractivity contribution >= 4 is 33.8 Å². The molecular weight excluding hydrogens is 264 g/mol. The minimum absolute atomic E-state index is 0.549. The topological polar surface area (TPSA) is 15.6 Å². The Morgan fingerprint density at radius 3 is 2.94 bits per heavy atom. The Kier molecular flexibility index (Phi) is 4.68. The molecule has 0 N–H and O–H groups in total. The van der Waals surface area contributed by atoms with Crippen molar-refractivity contribution in [3.8, 4) is 0 Å². The number of amidine groups is 1. The average molecular weight is 285 g/mol. The fourth-order valence-corrected chi connectivity index (χ4v) is 3.36. The van der Waals surface area contributed by atoms with Crippen molar-refractivity contribution in [2.45, 2.75) is 59.0 Å². The standard InChI is InChI=1S/C14H21ClN2S/c1-4-6-7-13-16-14-11(8-12(15)18-14)9-17(13)10(3)5-2/h8,10H,4-7,9H2,1-3H3. The maximum absolute atomic E-state index is 6.09. The highest BCUT2D eigenvalue weighted by atomic mass is 35.5. The van der Waals surface area contributed by atoms with Crippen LogP contribution < -0.4 is 0 Å². The van der Waals surface area contributed by atoms with Gasteiger partial charge in [0.25, 0.3) is 0 Å². The van der Waals surface area contributed by atoms with Crippen LogP contribution in [0.1, 0.15) is 52.0 Å². The fourth-order valence-electron chi connectivity index (χ4n) is 2.22. The van der Waals surface area contributed by atoms with Gasteiger partial charge in [-0.15, -0.1) is 11.3 Å². The molecule has 0 saturated heterocycles. The lowest BCUT2D eigenvalue weighted by Gasteiger charge is -2.34. The highest BCUT2D eigenvalue weighted by Crippen LogP contribution is 2.38. The van der Waals surface area contributed by atoms with Gasteiger partial charge >= 0.3 is 0 Å². The molecule has 0 aliphatic carbocycles. The van der Waals surface area contributed by atoms with Gasteiger partial charge in [-0.3, -0.25) is 0 Å². The quantitative estimate of drug-likeness (QED) is 0.722. The van der Waals surface area contributed by atoms with Gasteiger partial charge < -0.3 is 4.90 Å². The maximum atomic E-state index is 6.09. The summed E-state index contributed by atoms with van der Waals surface area (Å²) in [6.07, 6.45) is 4.65. The molecule has 2 nitrogen and oxygen atoms in total. The molecule has 2 rings (SSSR count). The number of hydrogen-bond acceptors (Lipinski definition) is 3. The summed E-state index contributed by atoms with van der Waals surface area (Å²) in [5.74, 6) is 1.25. The van der Waals surface area contributed by atoms with Crippen LogP contribution in [0, 0.1) is 0 Å². The van der Waals surface area contributed by atoms with Gasteiger partial charge in [-0.1, -0.05) is 31.9 Å². The van der Waals surface area contributed by atoms with E-state index in [1.807, 2.05) is 0 Å². The van der Waals surface area contributed by atoms with Gasteiger partial charge in [0.2, 0.25) is 0 Å². The Balaban J connectivity index is 2.26. The molecule has 0 saturated carbocycles. The third-order valence-corrected chi connectivity index (χ3v) is 4.74. The predicted octanol–water partition coefficient (Wildman–Crippen LogP) is 5.24. The average Bonchev–Trinajstić information content (AvgIpc) is 2.73. The molecule has 2 heterocycles. The summed E-state index contributed by atoms with van der Waals surface area (Å²) in [6, 6.07) is 2.62. The number of unbranched alkanes of at least 4 members (excludes halogenated alkanes) is 1. The van der Waals surface area contributed by atoms with Crippen LogP contribution in [0.2, 0.25) is 4.34 Å². The van der Waals surface area contributed by atoms with Crippen LogP contribution >= 0.6 is 22.9 Å². The molecule has 0 radical (unpaired) electrons. The highest BCUT2D eigenvalue weighted by molar-refractivity contribution is 7.19. The normalized spacial score (nSPS) is 16.4. The summed E-state index contributed by atoms with van der Waals surface area (Å²) in [4.78, 5) is 7.28. The summed E-state index contributed by atoms with van der Waals surface area (Å²) in [6.45, 7) is 7.71. The summed E-state index contributed by atoms with van der Waals surface area (Å²) in [7, 11) is 0. The summed E-state index contributed by atoms with van der Waals surface area (Å²) in [5.41, 5.74) is 1.28. The zero-order valence-corrected chi connectivity index (χ0v) is 12.9. The number of aliphatic imine (C=N–C) groups is 1. The monoisotopic (exact) mass is 284 g/mol. The molecule has 4 heteroatoms. The second-order valence-electron chi connectivity index (χ2n) is 4.90. The first-order chi connectivity index (χ1) is 8.65. The Labute approximate surface area is 119 Å². The molecule has 1 aromatic heterocycles. The van der Waals surface area contributed by atoms with E-state index in [9.17, 15) is 0 Å². The van der Waals surface area contributed by atoms with Gasteiger partial charge in [0.05, 0.1) is 4.34 Å². The summed E-state index contributed by atoms with van der Waals surface area (Å²) >= 11 is 7.69. The van der Waals surface area contributed by atoms with E-state index in [4.69, 9.17) is 16.6 Å². The summed E-state index contributed by atoms with van der Waals surface area (Å²) in [5, 5.41) is 1.12. The second-order valence-corrected chi connectivity index (χ2v) is 6.56. The molecule has 0 aromatic carbocycles. The van der Waals surface area contributed by atoms with Crippen LogP contribution in [0.4, 0.5) is 5.00 Å². The molecule has 1 aromatic rings. The zero-order chi connectivity index (χ0) is 13.1. The first kappa shape index (κ1) is 13.9. The molecule has 100 valence electrons. The lowest BCUT2D eigenvalue weighted by atomic mass is 10.1. The van der Waals surface area contributed by atoms with Crippen LogP contribution in [0.15, 0.2) is 11.1 Å². The molecule has 1 aliphatic rings. The van der Waals surface area contributed by atoms with Crippen molar-refractivity contribution in [2.75, 3.05) is 0 Å². The van der Waals surface area contributed by atoms with E-state index >= 15 is 0 Å². The number of nitrogens with zero attached hydrogens (tertiary/aromatic N) is 2. The third kappa shape index (κ3) is 2.89. The van der Waals surface area contributed by atoms with Crippen LogP contribution in [-0.2, 0) is 6.54 Å². The van der Waals surface area contributed by atoms with E-state index in [1.165, 1.54) is 24.2 Å². The minimum Gasteiger partial charge on any atom is -0.353 e. The Hall–Kier alpha value is -0.540. The van der Waals surface area contributed by atoms with Gasteiger partial charge in [-0.25, -0.2) is 4.99 Å². The van der Waals surface area contributed by atoms with Crippen molar-refractivity contribution in [1.29, 1.82) is 0 Å². The predicted molar refractivity (Wildman–Crippen MR) is 81.2 cm³/mol. The van der Waals surface area contributed by atoms with Gasteiger partial charge in [-0.05, 0) is 25.8 Å². The molecule has 1 unspecified atom stereocenters. The van der Waals surface area contributed by atoms with Crippen molar-refractivity contribution in [3.05, 3.63) is 16.0 Å². The smallest absolute Gasteiger partial charge is 0.124 e. The van der Waals surface area contributed by atoms with Gasteiger partial charge in [0.15, 0.2) is 0 Å². The van der Waals surface area contributed by atoms with Gasteiger partial charge in [-0.2, -0.15) is 0 Å². The number of hydrogen-bond donors (Lipinski definition) is 0. The molecule has 1 atom stereocenters. The Morgan fingerprint density at radius 2 is 2.28 bits per heavy atom. The third-order valence-electron chi connectivity index (χ3n) is 3.54. The van der Waals surface area contributed by atoms with E-state index in [2.05, 4.69) is 31.7 Å². The molecule has 0 amide bonds. The highest BCUT2D eigenvalue weighted by Gasteiger charge is 2.24. The molecule has 0 fully saturated rings. The van der Waals surface area contributed by atoms with Crippen molar-refractivity contribution in [2.24, 2.45) is 4.99 Å². The molecule has 0 spiro atoms. The number of thiophene rings is 1. The van der Waals surface area contributed by atoms with Gasteiger partial charge in [0.1, 0.15) is 10.8 Å². The largest absolute Gasteiger partial charge is 0.353 e. The van der Waals surface area contributed by atoms with E-state index < -0.39 is 0 Å².